The van der Waals surface area contributed by atoms with Crippen molar-refractivity contribution in [1.29, 1.82) is 0 Å². The van der Waals surface area contributed by atoms with Crippen LogP contribution in [0, 0.1) is 5.92 Å². The molecule has 0 aliphatic heterocycles. The minimum absolute atomic E-state index is 0. The normalized spacial score (nSPS) is 17.7. The van der Waals surface area contributed by atoms with E-state index in [9.17, 15) is 4.79 Å². The highest BCUT2D eigenvalue weighted by molar-refractivity contribution is 6.33. The van der Waals surface area contributed by atoms with Crippen LogP contribution in [-0.2, 0) is 4.79 Å². The van der Waals surface area contributed by atoms with E-state index in [1.165, 1.54) is 0 Å². The summed E-state index contributed by atoms with van der Waals surface area (Å²) in [5.41, 5.74) is 10.0. The molecule has 34 heavy (non-hydrogen) atoms. The summed E-state index contributed by atoms with van der Waals surface area (Å²) in [6, 6.07) is 15.7. The Morgan fingerprint density at radius 1 is 1.06 bits per heavy atom. The molecule has 176 valence electrons. The molecule has 0 unspecified atom stereocenters. The second kappa shape index (κ2) is 10.4. The van der Waals surface area contributed by atoms with Crippen molar-refractivity contribution < 1.29 is 4.79 Å². The summed E-state index contributed by atoms with van der Waals surface area (Å²) >= 11 is 6.43. The smallest absolute Gasteiger partial charge is 0.227 e. The number of benzene rings is 2. The zero-order valence-corrected chi connectivity index (χ0v) is 20.0. The quantitative estimate of drug-likeness (QED) is 0.275. The molecule has 1 saturated carbocycles. The van der Waals surface area contributed by atoms with Gasteiger partial charge in [-0.25, -0.2) is 9.97 Å². The number of nitrogens with two attached hydrogens (primary N) is 1. The Morgan fingerprint density at radius 3 is 2.65 bits per heavy atom. The van der Waals surface area contributed by atoms with Crippen molar-refractivity contribution in [2.45, 2.75) is 31.7 Å². The monoisotopic (exact) mass is 496 g/mol. The number of amides is 1. The number of carbonyl (C=O) groups excluding carboxylic acids is 1. The molecule has 0 bridgehead atoms. The van der Waals surface area contributed by atoms with Crippen molar-refractivity contribution in [2.24, 2.45) is 11.7 Å². The highest BCUT2D eigenvalue weighted by atomic mass is 35.5. The van der Waals surface area contributed by atoms with Gasteiger partial charge in [-0.3, -0.25) is 4.79 Å². The molecule has 0 saturated heterocycles. The minimum atomic E-state index is 0. The summed E-state index contributed by atoms with van der Waals surface area (Å²) in [6.07, 6.45) is 6.95. The third-order valence-corrected chi connectivity index (χ3v) is 6.39. The maximum absolute atomic E-state index is 12.6. The fourth-order valence-corrected chi connectivity index (χ4v) is 4.51. The standard InChI is InChI=1S/C25H25ClN6O.ClH/c26-21-14-29-25(32-23(21)20-13-28-22-7-2-1-6-19(20)22)31-18-5-3-4-17(12-18)30-24(33)15-8-10-16(27)11-9-15;/h1-7,12-16,28H,8-11,27H2,(H,30,33)(H,29,31,32);1H/t15-,16+;. The molecule has 2 aromatic carbocycles. The summed E-state index contributed by atoms with van der Waals surface area (Å²) in [5.74, 6) is 0.479. The van der Waals surface area contributed by atoms with Crippen LogP contribution >= 0.6 is 24.0 Å². The molecule has 1 aliphatic carbocycles. The van der Waals surface area contributed by atoms with Gasteiger partial charge in [-0.15, -0.1) is 12.4 Å². The van der Waals surface area contributed by atoms with Crippen LogP contribution in [0.2, 0.25) is 5.02 Å². The van der Waals surface area contributed by atoms with Crippen LogP contribution in [0.5, 0.6) is 0 Å². The van der Waals surface area contributed by atoms with Gasteiger partial charge >= 0.3 is 0 Å². The first-order valence-corrected chi connectivity index (χ1v) is 11.5. The van der Waals surface area contributed by atoms with E-state index < -0.39 is 0 Å². The van der Waals surface area contributed by atoms with Crippen molar-refractivity contribution in [3.05, 3.63) is 65.9 Å². The third-order valence-electron chi connectivity index (χ3n) is 6.12. The average molecular weight is 497 g/mol. The molecule has 0 radical (unpaired) electrons. The molecule has 1 amide bonds. The third kappa shape index (κ3) is 5.17. The van der Waals surface area contributed by atoms with Crippen LogP contribution in [0.15, 0.2) is 60.9 Å². The first-order chi connectivity index (χ1) is 16.1. The van der Waals surface area contributed by atoms with E-state index in [0.717, 1.165) is 53.5 Å². The van der Waals surface area contributed by atoms with Gasteiger partial charge in [-0.1, -0.05) is 35.9 Å². The lowest BCUT2D eigenvalue weighted by Crippen LogP contribution is -2.32. The molecule has 2 heterocycles. The summed E-state index contributed by atoms with van der Waals surface area (Å²) in [4.78, 5) is 24.9. The van der Waals surface area contributed by atoms with Crippen molar-refractivity contribution in [1.82, 2.24) is 15.0 Å². The molecular weight excluding hydrogens is 471 g/mol. The van der Waals surface area contributed by atoms with E-state index in [0.29, 0.717) is 16.7 Å². The Morgan fingerprint density at radius 2 is 1.82 bits per heavy atom. The molecule has 1 aliphatic rings. The number of para-hydroxylation sites is 1. The first-order valence-electron chi connectivity index (χ1n) is 11.1. The van der Waals surface area contributed by atoms with Crippen LogP contribution in [0.3, 0.4) is 0 Å². The maximum Gasteiger partial charge on any atom is 0.227 e. The lowest BCUT2D eigenvalue weighted by atomic mass is 9.86. The molecule has 4 aromatic rings. The summed E-state index contributed by atoms with van der Waals surface area (Å²) in [6.45, 7) is 0. The molecule has 5 rings (SSSR count). The number of H-pyrrole nitrogens is 1. The number of aromatic amines is 1. The molecule has 7 nitrogen and oxygen atoms in total. The number of rotatable bonds is 5. The summed E-state index contributed by atoms with van der Waals surface area (Å²) < 4.78 is 0. The fraction of sp³-hybridized carbons (Fsp3) is 0.240. The Bertz CT molecular complexity index is 1300. The predicted molar refractivity (Wildman–Crippen MR) is 140 cm³/mol. The highest BCUT2D eigenvalue weighted by Gasteiger charge is 2.24. The topological polar surface area (TPSA) is 109 Å². The van der Waals surface area contributed by atoms with Crippen molar-refractivity contribution >= 4 is 58.1 Å². The number of halogens is 2. The molecular formula is C25H26Cl2N6O. The maximum atomic E-state index is 12.6. The van der Waals surface area contributed by atoms with Gasteiger partial charge < -0.3 is 21.4 Å². The van der Waals surface area contributed by atoms with Gasteiger partial charge in [0.1, 0.15) is 0 Å². The molecule has 0 spiro atoms. The second-order valence-corrected chi connectivity index (χ2v) is 8.85. The summed E-state index contributed by atoms with van der Waals surface area (Å²) in [7, 11) is 0. The van der Waals surface area contributed by atoms with Gasteiger partial charge in [0.2, 0.25) is 11.9 Å². The van der Waals surface area contributed by atoms with Crippen LogP contribution < -0.4 is 16.4 Å². The fourth-order valence-electron chi connectivity index (χ4n) is 4.31. The van der Waals surface area contributed by atoms with Crippen molar-refractivity contribution in [3.63, 3.8) is 0 Å². The molecule has 5 N–H and O–H groups in total. The van der Waals surface area contributed by atoms with E-state index in [1.807, 2.05) is 54.7 Å². The van der Waals surface area contributed by atoms with Gasteiger partial charge in [-0.05, 0) is 49.9 Å². The van der Waals surface area contributed by atoms with Crippen LogP contribution in [0.4, 0.5) is 17.3 Å². The van der Waals surface area contributed by atoms with E-state index in [4.69, 9.17) is 17.3 Å². The number of nitrogens with one attached hydrogen (secondary N) is 3. The average Bonchev–Trinajstić information content (AvgIpc) is 3.25. The Kier molecular flexibility index (Phi) is 7.36. The summed E-state index contributed by atoms with van der Waals surface area (Å²) in [5, 5.41) is 7.76. The van der Waals surface area contributed by atoms with Gasteiger partial charge in [0.25, 0.3) is 0 Å². The number of anilines is 3. The number of aromatic nitrogens is 3. The van der Waals surface area contributed by atoms with Crippen molar-refractivity contribution in [3.8, 4) is 11.3 Å². The number of fused-ring (bicyclic) bond motifs is 1. The van der Waals surface area contributed by atoms with Gasteiger partial charge in [0, 0.05) is 46.0 Å². The van der Waals surface area contributed by atoms with E-state index in [2.05, 4.69) is 25.6 Å². The van der Waals surface area contributed by atoms with Crippen LogP contribution in [-0.4, -0.2) is 26.9 Å². The first kappa shape index (κ1) is 24.0. The van der Waals surface area contributed by atoms with Gasteiger partial charge in [0.05, 0.1) is 16.9 Å². The second-order valence-electron chi connectivity index (χ2n) is 8.44. The number of hydrogen-bond donors (Lipinski definition) is 4. The molecule has 0 atom stereocenters. The molecule has 9 heteroatoms. The van der Waals surface area contributed by atoms with Gasteiger partial charge in [0.15, 0.2) is 0 Å². The predicted octanol–water partition coefficient (Wildman–Crippen LogP) is 5.90. The lowest BCUT2D eigenvalue weighted by molar-refractivity contribution is -0.120. The van der Waals surface area contributed by atoms with E-state index in [1.54, 1.807) is 6.20 Å². The largest absolute Gasteiger partial charge is 0.360 e. The number of carbonyl (C=O) groups is 1. The molecule has 2 aromatic heterocycles. The lowest BCUT2D eigenvalue weighted by Gasteiger charge is -2.25. The van der Waals surface area contributed by atoms with Crippen LogP contribution in [0.25, 0.3) is 22.2 Å². The van der Waals surface area contributed by atoms with Gasteiger partial charge in [-0.2, -0.15) is 0 Å². The Labute approximate surface area is 208 Å². The van der Waals surface area contributed by atoms with E-state index >= 15 is 0 Å². The van der Waals surface area contributed by atoms with Crippen molar-refractivity contribution in [2.75, 3.05) is 10.6 Å². The minimum Gasteiger partial charge on any atom is -0.360 e. The Hall–Kier alpha value is -3.13. The zero-order chi connectivity index (χ0) is 22.8. The molecule has 1 fully saturated rings. The zero-order valence-electron chi connectivity index (χ0n) is 18.4. The van der Waals surface area contributed by atoms with E-state index in [-0.39, 0.29) is 30.3 Å². The SMILES string of the molecule is Cl.N[C@H]1CC[C@@H](C(=O)Nc2cccc(Nc3ncc(Cl)c(-c4c[nH]c5ccccc45)n3)c2)CC1. The highest BCUT2D eigenvalue weighted by Crippen LogP contribution is 2.33. The Balaban J connectivity index is 0.00000274. The number of nitrogens with zero attached hydrogens (tertiary/aromatic N) is 2. The van der Waals surface area contributed by atoms with Crippen LogP contribution in [0.1, 0.15) is 25.7 Å². The number of hydrogen-bond acceptors (Lipinski definition) is 5.